The maximum absolute atomic E-state index is 12.9. The molecule has 0 saturated heterocycles. The molecule has 1 fully saturated rings. The molecule has 0 heterocycles. The fourth-order valence-electron chi connectivity index (χ4n) is 1.64. The van der Waals surface area contributed by atoms with Gasteiger partial charge in [0.15, 0.2) is 17.5 Å². The lowest BCUT2D eigenvalue weighted by atomic mass is 10.1. The number of anilines is 1. The van der Waals surface area contributed by atoms with E-state index in [-0.39, 0.29) is 24.3 Å². The Morgan fingerprint density at radius 1 is 1.26 bits per heavy atom. The van der Waals surface area contributed by atoms with Crippen LogP contribution in [0.25, 0.3) is 0 Å². The smallest absolute Gasteiger partial charge is 0.319 e. The molecule has 3 N–H and O–H groups in total. The largest absolute Gasteiger partial charge is 0.396 e. The van der Waals surface area contributed by atoms with Gasteiger partial charge in [-0.3, -0.25) is 0 Å². The first-order valence-corrected chi connectivity index (χ1v) is 5.76. The molecule has 1 aromatic rings. The zero-order valence-electron chi connectivity index (χ0n) is 9.97. The molecule has 1 aliphatic carbocycles. The van der Waals surface area contributed by atoms with E-state index in [1.54, 1.807) is 0 Å². The van der Waals surface area contributed by atoms with Gasteiger partial charge >= 0.3 is 6.03 Å². The summed E-state index contributed by atoms with van der Waals surface area (Å²) in [5.41, 5.74) is -0.445. The average molecular weight is 274 g/mol. The predicted molar refractivity (Wildman–Crippen MR) is 62.1 cm³/mol. The van der Waals surface area contributed by atoms with E-state index >= 15 is 0 Å². The molecule has 0 unspecified atom stereocenters. The van der Waals surface area contributed by atoms with Gasteiger partial charge in [0.05, 0.1) is 6.61 Å². The third-order valence-corrected chi connectivity index (χ3v) is 3.16. The summed E-state index contributed by atoms with van der Waals surface area (Å²) in [5.74, 6) is -4.32. The first-order chi connectivity index (χ1) is 8.96. The van der Waals surface area contributed by atoms with Crippen LogP contribution in [0.1, 0.15) is 12.8 Å². The molecule has 1 aliphatic rings. The number of nitrogens with one attached hydrogen (secondary N) is 2. The summed E-state index contributed by atoms with van der Waals surface area (Å²) in [4.78, 5) is 11.5. The highest BCUT2D eigenvalue weighted by atomic mass is 19.2. The van der Waals surface area contributed by atoms with E-state index in [4.69, 9.17) is 5.11 Å². The molecule has 0 atom stereocenters. The van der Waals surface area contributed by atoms with E-state index < -0.39 is 23.5 Å². The van der Waals surface area contributed by atoms with Crippen LogP contribution in [0.5, 0.6) is 0 Å². The van der Waals surface area contributed by atoms with Crippen molar-refractivity contribution in [1.82, 2.24) is 5.32 Å². The highest BCUT2D eigenvalue weighted by Crippen LogP contribution is 2.44. The summed E-state index contributed by atoms with van der Waals surface area (Å²) in [6, 6.07) is 0.721. The van der Waals surface area contributed by atoms with Gasteiger partial charge in [-0.25, -0.2) is 18.0 Å². The van der Waals surface area contributed by atoms with Crippen molar-refractivity contribution in [2.24, 2.45) is 5.41 Å². The Hall–Kier alpha value is -1.76. The SMILES string of the molecule is O=C(NCC1(CO)CC1)Nc1cc(F)c(F)c(F)c1. The van der Waals surface area contributed by atoms with Crippen LogP contribution >= 0.6 is 0 Å². The number of amides is 2. The zero-order chi connectivity index (χ0) is 14.0. The molecule has 0 aromatic heterocycles. The second kappa shape index (κ2) is 5.08. The average Bonchev–Trinajstić information content (AvgIpc) is 3.14. The van der Waals surface area contributed by atoms with Crippen molar-refractivity contribution in [2.75, 3.05) is 18.5 Å². The minimum Gasteiger partial charge on any atom is -0.396 e. The maximum Gasteiger partial charge on any atom is 0.319 e. The van der Waals surface area contributed by atoms with E-state index in [0.717, 1.165) is 12.8 Å². The van der Waals surface area contributed by atoms with Crippen molar-refractivity contribution < 1.29 is 23.1 Å². The molecule has 1 saturated carbocycles. The summed E-state index contributed by atoms with van der Waals surface area (Å²) in [6.45, 7) is 0.259. The van der Waals surface area contributed by atoms with Crippen LogP contribution in [-0.4, -0.2) is 24.3 Å². The number of hydrogen-bond donors (Lipinski definition) is 3. The number of carbonyl (C=O) groups is 1. The number of rotatable bonds is 4. The van der Waals surface area contributed by atoms with Gasteiger partial charge in [0.1, 0.15) is 0 Å². The minimum absolute atomic E-state index is 0.0207. The molecule has 0 spiro atoms. The van der Waals surface area contributed by atoms with Crippen LogP contribution in [0.4, 0.5) is 23.7 Å². The predicted octanol–water partition coefficient (Wildman–Crippen LogP) is 2.00. The molecule has 0 radical (unpaired) electrons. The van der Waals surface area contributed by atoms with Gasteiger partial charge in [-0.05, 0) is 12.8 Å². The number of halogens is 3. The number of urea groups is 1. The number of aliphatic hydroxyl groups is 1. The highest BCUT2D eigenvalue weighted by Gasteiger charge is 2.42. The fourth-order valence-corrected chi connectivity index (χ4v) is 1.64. The Kier molecular flexibility index (Phi) is 3.66. The van der Waals surface area contributed by atoms with Crippen molar-refractivity contribution in [3.63, 3.8) is 0 Å². The van der Waals surface area contributed by atoms with Crippen molar-refractivity contribution >= 4 is 11.7 Å². The molecule has 2 rings (SSSR count). The van der Waals surface area contributed by atoms with Gasteiger partial charge in [-0.2, -0.15) is 0 Å². The minimum atomic E-state index is -1.58. The Morgan fingerprint density at radius 3 is 2.32 bits per heavy atom. The van der Waals surface area contributed by atoms with Gasteiger partial charge < -0.3 is 15.7 Å². The standard InChI is InChI=1S/C12H13F3N2O2/c13-8-3-7(4-9(14)10(8)15)17-11(19)16-5-12(6-18)1-2-12/h3-4,18H,1-2,5-6H2,(H2,16,17,19). The number of aliphatic hydroxyl groups excluding tert-OH is 1. The number of hydrogen-bond acceptors (Lipinski definition) is 2. The zero-order valence-corrected chi connectivity index (χ0v) is 9.97. The van der Waals surface area contributed by atoms with E-state index in [0.29, 0.717) is 12.1 Å². The van der Waals surface area contributed by atoms with Crippen LogP contribution in [0, 0.1) is 22.9 Å². The fraction of sp³-hybridized carbons (Fsp3) is 0.417. The second-order valence-electron chi connectivity index (χ2n) is 4.72. The number of carbonyl (C=O) groups excluding carboxylic acids is 1. The van der Waals surface area contributed by atoms with E-state index in [2.05, 4.69) is 10.6 Å². The van der Waals surface area contributed by atoms with Gasteiger partial charge in [0, 0.05) is 29.8 Å². The topological polar surface area (TPSA) is 61.4 Å². The van der Waals surface area contributed by atoms with Gasteiger partial charge in [-0.1, -0.05) is 0 Å². The third kappa shape index (κ3) is 3.17. The highest BCUT2D eigenvalue weighted by molar-refractivity contribution is 5.89. The summed E-state index contributed by atoms with van der Waals surface area (Å²) in [7, 11) is 0. The van der Waals surface area contributed by atoms with Gasteiger partial charge in [-0.15, -0.1) is 0 Å². The van der Waals surface area contributed by atoms with Gasteiger partial charge in [0.2, 0.25) is 0 Å². The van der Waals surface area contributed by atoms with E-state index in [1.165, 1.54) is 0 Å². The van der Waals surface area contributed by atoms with Crippen LogP contribution in [0.3, 0.4) is 0 Å². The maximum atomic E-state index is 12.9. The quantitative estimate of drug-likeness (QED) is 0.735. The molecule has 104 valence electrons. The summed E-state index contributed by atoms with van der Waals surface area (Å²) < 4.78 is 38.5. The number of benzene rings is 1. The molecule has 7 heteroatoms. The van der Waals surface area contributed by atoms with E-state index in [9.17, 15) is 18.0 Å². The molecule has 4 nitrogen and oxygen atoms in total. The van der Waals surface area contributed by atoms with Gasteiger partial charge in [0.25, 0.3) is 0 Å². The lowest BCUT2D eigenvalue weighted by Crippen LogP contribution is -2.35. The first-order valence-electron chi connectivity index (χ1n) is 5.76. The molecular weight excluding hydrogens is 261 g/mol. The van der Waals surface area contributed by atoms with Crippen molar-refractivity contribution in [2.45, 2.75) is 12.8 Å². The van der Waals surface area contributed by atoms with Crippen LogP contribution < -0.4 is 10.6 Å². The van der Waals surface area contributed by atoms with Crippen LogP contribution in [-0.2, 0) is 0 Å². The third-order valence-electron chi connectivity index (χ3n) is 3.16. The summed E-state index contributed by atoms with van der Waals surface area (Å²) >= 11 is 0. The Labute approximate surface area is 107 Å². The summed E-state index contributed by atoms with van der Waals surface area (Å²) in [5, 5.41) is 13.7. The van der Waals surface area contributed by atoms with E-state index in [1.807, 2.05) is 0 Å². The Bertz CT molecular complexity index is 481. The van der Waals surface area contributed by atoms with Crippen molar-refractivity contribution in [3.8, 4) is 0 Å². The lowest BCUT2D eigenvalue weighted by Gasteiger charge is -2.13. The second-order valence-corrected chi connectivity index (χ2v) is 4.72. The summed E-state index contributed by atoms with van der Waals surface area (Å²) in [6.07, 6.45) is 1.65. The molecule has 19 heavy (non-hydrogen) atoms. The molecular formula is C12H13F3N2O2. The molecule has 2 amide bonds. The van der Waals surface area contributed by atoms with Crippen LogP contribution in [0.15, 0.2) is 12.1 Å². The molecule has 1 aromatic carbocycles. The first kappa shape index (κ1) is 13.7. The Morgan fingerprint density at radius 2 is 1.84 bits per heavy atom. The monoisotopic (exact) mass is 274 g/mol. The van der Waals surface area contributed by atoms with Crippen molar-refractivity contribution in [3.05, 3.63) is 29.6 Å². The Balaban J connectivity index is 1.92. The molecule has 0 bridgehead atoms. The van der Waals surface area contributed by atoms with Crippen molar-refractivity contribution in [1.29, 1.82) is 0 Å². The normalized spacial score (nSPS) is 16.0. The molecule has 0 aliphatic heterocycles. The van der Waals surface area contributed by atoms with Crippen LogP contribution in [0.2, 0.25) is 0 Å². The lowest BCUT2D eigenvalue weighted by molar-refractivity contribution is 0.206.